The molecule has 0 heterocycles. The van der Waals surface area contributed by atoms with Crippen molar-refractivity contribution in [3.8, 4) is 5.75 Å². The zero-order chi connectivity index (χ0) is 29.3. The molecule has 0 saturated heterocycles. The van der Waals surface area contributed by atoms with Gasteiger partial charge in [-0.3, -0.25) is 13.9 Å². The molecule has 1 unspecified atom stereocenters. The van der Waals surface area contributed by atoms with E-state index in [-0.39, 0.29) is 23.0 Å². The minimum absolute atomic E-state index is 0.0594. The first kappa shape index (κ1) is 30.7. The molecule has 9 heteroatoms. The summed E-state index contributed by atoms with van der Waals surface area (Å²) in [6, 6.07) is 19.9. The van der Waals surface area contributed by atoms with Crippen molar-refractivity contribution in [2.24, 2.45) is 0 Å². The highest BCUT2D eigenvalue weighted by atomic mass is 32.2. The number of nitrogens with one attached hydrogen (secondary N) is 1. The van der Waals surface area contributed by atoms with Crippen molar-refractivity contribution >= 4 is 27.5 Å². The summed E-state index contributed by atoms with van der Waals surface area (Å²) in [7, 11) is -2.65. The highest BCUT2D eigenvalue weighted by molar-refractivity contribution is 7.92. The molecule has 0 aliphatic carbocycles. The molecule has 1 N–H and O–H groups in total. The van der Waals surface area contributed by atoms with Gasteiger partial charge >= 0.3 is 0 Å². The Morgan fingerprint density at radius 1 is 0.950 bits per heavy atom. The predicted molar refractivity (Wildman–Crippen MR) is 158 cm³/mol. The molecule has 0 spiro atoms. The summed E-state index contributed by atoms with van der Waals surface area (Å²) >= 11 is 0. The van der Waals surface area contributed by atoms with E-state index >= 15 is 0 Å². The number of aryl methyl sites for hydroxylation is 2. The van der Waals surface area contributed by atoms with Crippen LogP contribution >= 0.6 is 0 Å². The molecule has 3 aromatic carbocycles. The van der Waals surface area contributed by atoms with Crippen molar-refractivity contribution in [2.75, 3.05) is 24.5 Å². The number of methoxy groups -OCH3 is 1. The molecule has 40 heavy (non-hydrogen) atoms. The Labute approximate surface area is 238 Å². The summed E-state index contributed by atoms with van der Waals surface area (Å²) in [6.45, 7) is 7.69. The van der Waals surface area contributed by atoms with E-state index in [1.807, 2.05) is 45.0 Å². The van der Waals surface area contributed by atoms with Crippen LogP contribution in [0.15, 0.2) is 77.7 Å². The maximum absolute atomic E-state index is 14.0. The van der Waals surface area contributed by atoms with Gasteiger partial charge in [-0.1, -0.05) is 66.9 Å². The van der Waals surface area contributed by atoms with Crippen LogP contribution < -0.4 is 14.4 Å². The summed E-state index contributed by atoms with van der Waals surface area (Å²) < 4.78 is 34.2. The maximum Gasteiger partial charge on any atom is 0.264 e. The average molecular weight is 566 g/mol. The number of ether oxygens (including phenoxy) is 1. The second-order valence-corrected chi connectivity index (χ2v) is 11.7. The van der Waals surface area contributed by atoms with Crippen molar-refractivity contribution in [1.82, 2.24) is 10.2 Å². The van der Waals surface area contributed by atoms with Gasteiger partial charge in [0.2, 0.25) is 11.8 Å². The van der Waals surface area contributed by atoms with E-state index in [9.17, 15) is 18.0 Å². The van der Waals surface area contributed by atoms with Gasteiger partial charge in [0.15, 0.2) is 0 Å². The Kier molecular flexibility index (Phi) is 10.7. The standard InChI is InChI=1S/C31H39N3O5S/c1-6-7-19-32-31(36)25(4)33(21-26-15-11-23(2)12-16-26)30(35)22-34(27-9-8-10-28(20-27)39-5)40(37,38)29-17-13-24(3)14-18-29/h8-18,20,25H,6-7,19,21-22H2,1-5H3,(H,32,36). The Morgan fingerprint density at radius 2 is 1.57 bits per heavy atom. The lowest BCUT2D eigenvalue weighted by Gasteiger charge is -2.32. The van der Waals surface area contributed by atoms with Gasteiger partial charge in [-0.15, -0.1) is 0 Å². The number of unbranched alkanes of at least 4 members (excludes halogenated alkanes) is 1. The Hall–Kier alpha value is -3.85. The van der Waals surface area contributed by atoms with Crippen molar-refractivity contribution in [2.45, 2.75) is 58.0 Å². The van der Waals surface area contributed by atoms with Crippen LogP contribution in [-0.4, -0.2) is 51.4 Å². The molecule has 0 bridgehead atoms. The Morgan fingerprint density at radius 3 is 2.17 bits per heavy atom. The highest BCUT2D eigenvalue weighted by Crippen LogP contribution is 2.28. The number of benzene rings is 3. The van der Waals surface area contributed by atoms with Gasteiger partial charge in [0.25, 0.3) is 10.0 Å². The molecule has 0 aliphatic rings. The van der Waals surface area contributed by atoms with E-state index in [1.165, 1.54) is 24.1 Å². The summed E-state index contributed by atoms with van der Waals surface area (Å²) in [5.41, 5.74) is 3.10. The van der Waals surface area contributed by atoms with E-state index in [0.717, 1.165) is 33.8 Å². The quantitative estimate of drug-likeness (QED) is 0.299. The normalized spacial score (nSPS) is 11.9. The molecule has 0 fully saturated rings. The predicted octanol–water partition coefficient (Wildman–Crippen LogP) is 4.84. The fraction of sp³-hybridized carbons (Fsp3) is 0.355. The van der Waals surface area contributed by atoms with Gasteiger partial charge in [-0.2, -0.15) is 0 Å². The van der Waals surface area contributed by atoms with Crippen molar-refractivity contribution in [1.29, 1.82) is 0 Å². The molecular formula is C31H39N3O5S. The van der Waals surface area contributed by atoms with Gasteiger partial charge in [0.1, 0.15) is 18.3 Å². The molecule has 3 rings (SSSR count). The van der Waals surface area contributed by atoms with Gasteiger partial charge in [0.05, 0.1) is 17.7 Å². The number of carbonyl (C=O) groups excluding carboxylic acids is 2. The van der Waals surface area contributed by atoms with Crippen LogP contribution in [-0.2, 0) is 26.2 Å². The number of carbonyl (C=O) groups is 2. The van der Waals surface area contributed by atoms with Gasteiger partial charge in [-0.05, 0) is 57.0 Å². The topological polar surface area (TPSA) is 96.0 Å². The van der Waals surface area contributed by atoms with E-state index in [4.69, 9.17) is 4.74 Å². The van der Waals surface area contributed by atoms with Gasteiger partial charge in [-0.25, -0.2) is 8.42 Å². The lowest BCUT2D eigenvalue weighted by Crippen LogP contribution is -2.51. The fourth-order valence-corrected chi connectivity index (χ4v) is 5.55. The van der Waals surface area contributed by atoms with Crippen molar-refractivity contribution in [3.05, 3.63) is 89.5 Å². The van der Waals surface area contributed by atoms with Crippen LogP contribution in [0, 0.1) is 13.8 Å². The van der Waals surface area contributed by atoms with Crippen LogP contribution in [0.5, 0.6) is 5.75 Å². The lowest BCUT2D eigenvalue weighted by atomic mass is 10.1. The van der Waals surface area contributed by atoms with Gasteiger partial charge in [0, 0.05) is 19.2 Å². The number of nitrogens with zero attached hydrogens (tertiary/aromatic N) is 2. The number of rotatable bonds is 13. The summed E-state index contributed by atoms with van der Waals surface area (Å²) in [5.74, 6) is -0.338. The van der Waals surface area contributed by atoms with E-state index in [0.29, 0.717) is 12.3 Å². The average Bonchev–Trinajstić information content (AvgIpc) is 2.95. The van der Waals surface area contributed by atoms with Crippen LogP contribution in [0.25, 0.3) is 0 Å². The van der Waals surface area contributed by atoms with Crippen LogP contribution in [0.2, 0.25) is 0 Å². The molecule has 3 aromatic rings. The third kappa shape index (κ3) is 7.85. The Bertz CT molecular complexity index is 1390. The van der Waals surface area contributed by atoms with E-state index < -0.39 is 28.5 Å². The molecule has 0 aliphatic heterocycles. The zero-order valence-corrected chi connectivity index (χ0v) is 24.7. The summed E-state index contributed by atoms with van der Waals surface area (Å²) in [5, 5.41) is 2.89. The molecule has 214 valence electrons. The van der Waals surface area contributed by atoms with Gasteiger partial charge < -0.3 is 15.0 Å². The number of anilines is 1. The first-order valence-corrected chi connectivity index (χ1v) is 14.9. The number of hydrogen-bond donors (Lipinski definition) is 1. The summed E-state index contributed by atoms with van der Waals surface area (Å²) in [4.78, 5) is 28.5. The first-order valence-electron chi connectivity index (χ1n) is 13.4. The number of hydrogen-bond acceptors (Lipinski definition) is 5. The smallest absolute Gasteiger partial charge is 0.264 e. The Balaban J connectivity index is 2.01. The maximum atomic E-state index is 14.0. The fourth-order valence-electron chi connectivity index (χ4n) is 4.14. The molecule has 1 atom stereocenters. The summed E-state index contributed by atoms with van der Waals surface area (Å²) in [6.07, 6.45) is 1.75. The van der Waals surface area contributed by atoms with Crippen molar-refractivity contribution < 1.29 is 22.7 Å². The zero-order valence-electron chi connectivity index (χ0n) is 23.9. The molecular weight excluding hydrogens is 526 g/mol. The molecule has 8 nitrogen and oxygen atoms in total. The largest absolute Gasteiger partial charge is 0.497 e. The first-order chi connectivity index (χ1) is 19.1. The lowest BCUT2D eigenvalue weighted by molar-refractivity contribution is -0.139. The number of amides is 2. The van der Waals surface area contributed by atoms with Crippen LogP contribution in [0.4, 0.5) is 5.69 Å². The molecule has 0 saturated carbocycles. The second kappa shape index (κ2) is 14.0. The molecule has 0 radical (unpaired) electrons. The minimum atomic E-state index is -4.14. The van der Waals surface area contributed by atoms with Crippen molar-refractivity contribution in [3.63, 3.8) is 0 Å². The van der Waals surface area contributed by atoms with E-state index in [1.54, 1.807) is 43.3 Å². The van der Waals surface area contributed by atoms with Crippen LogP contribution in [0.3, 0.4) is 0 Å². The third-order valence-electron chi connectivity index (χ3n) is 6.70. The minimum Gasteiger partial charge on any atom is -0.497 e. The van der Waals surface area contributed by atoms with E-state index in [2.05, 4.69) is 5.32 Å². The van der Waals surface area contributed by atoms with Crippen LogP contribution in [0.1, 0.15) is 43.4 Å². The SMILES string of the molecule is CCCCNC(=O)C(C)N(Cc1ccc(C)cc1)C(=O)CN(c1cccc(OC)c1)S(=O)(=O)c1ccc(C)cc1. The molecule has 0 aromatic heterocycles. The monoisotopic (exact) mass is 565 g/mol. The molecule has 2 amide bonds. The second-order valence-electron chi connectivity index (χ2n) is 9.85. The third-order valence-corrected chi connectivity index (χ3v) is 8.49. The highest BCUT2D eigenvalue weighted by Gasteiger charge is 2.32. The number of sulfonamides is 1.